The topological polar surface area (TPSA) is 120 Å². The number of nitro groups is 1. The van der Waals surface area contributed by atoms with Crippen LogP contribution >= 0.6 is 0 Å². The Morgan fingerprint density at radius 3 is 2.76 bits per heavy atom. The Morgan fingerprint density at radius 2 is 2.14 bits per heavy atom. The van der Waals surface area contributed by atoms with Gasteiger partial charge in [0.2, 0.25) is 6.54 Å². The van der Waals surface area contributed by atoms with Crippen molar-refractivity contribution >= 4 is 16.9 Å². The van der Waals surface area contributed by atoms with Gasteiger partial charge in [-0.25, -0.2) is 4.79 Å². The number of methoxy groups -OCH3 is 1. The number of para-hydroxylation sites is 1. The van der Waals surface area contributed by atoms with Crippen LogP contribution in [0.2, 0.25) is 0 Å². The Labute approximate surface area is 117 Å². The number of nitrogens with zero attached hydrogens (tertiary/aromatic N) is 1. The first kappa shape index (κ1) is 14.5. The third-order valence-electron chi connectivity index (χ3n) is 2.99. The van der Waals surface area contributed by atoms with Crippen LogP contribution in [0.3, 0.4) is 0 Å². The molecule has 0 fully saturated rings. The summed E-state index contributed by atoms with van der Waals surface area (Å²) in [5.41, 5.74) is -1.37. The Balaban J connectivity index is 2.70. The lowest BCUT2D eigenvalue weighted by Gasteiger charge is -2.12. The van der Waals surface area contributed by atoms with Crippen molar-refractivity contribution in [2.24, 2.45) is 0 Å². The monoisotopic (exact) mass is 293 g/mol. The molecule has 2 aromatic rings. The summed E-state index contributed by atoms with van der Waals surface area (Å²) in [5.74, 6) is -3.05. The largest absolute Gasteiger partial charge is 0.507 e. The zero-order valence-corrected chi connectivity index (χ0v) is 10.9. The number of aromatic hydroxyl groups is 1. The molecule has 110 valence electrons. The summed E-state index contributed by atoms with van der Waals surface area (Å²) in [4.78, 5) is 33.5. The van der Waals surface area contributed by atoms with Gasteiger partial charge in [0.05, 0.1) is 12.5 Å². The summed E-state index contributed by atoms with van der Waals surface area (Å²) in [5, 5.41) is 21.0. The molecule has 2 rings (SSSR count). The van der Waals surface area contributed by atoms with Crippen LogP contribution in [0.25, 0.3) is 11.0 Å². The van der Waals surface area contributed by atoms with Crippen molar-refractivity contribution in [1.82, 2.24) is 0 Å². The summed E-state index contributed by atoms with van der Waals surface area (Å²) in [7, 11) is 1.04. The van der Waals surface area contributed by atoms with E-state index in [1.807, 2.05) is 0 Å². The molecule has 0 bridgehead atoms. The second-order valence-corrected chi connectivity index (χ2v) is 4.24. The summed E-state index contributed by atoms with van der Waals surface area (Å²) < 4.78 is 9.44. The molecule has 0 aliphatic heterocycles. The van der Waals surface area contributed by atoms with Gasteiger partial charge in [0.1, 0.15) is 16.9 Å². The minimum Gasteiger partial charge on any atom is -0.507 e. The van der Waals surface area contributed by atoms with Crippen LogP contribution in [0, 0.1) is 10.1 Å². The first-order valence-electron chi connectivity index (χ1n) is 5.90. The number of ether oxygens (including phenoxy) is 1. The number of hydrogen-bond donors (Lipinski definition) is 1. The summed E-state index contributed by atoms with van der Waals surface area (Å²) >= 11 is 0. The van der Waals surface area contributed by atoms with E-state index in [-0.39, 0.29) is 11.0 Å². The van der Waals surface area contributed by atoms with Crippen LogP contribution in [-0.2, 0) is 9.53 Å². The smallest absolute Gasteiger partial charge is 0.344 e. The van der Waals surface area contributed by atoms with Crippen LogP contribution in [0.1, 0.15) is 11.5 Å². The summed E-state index contributed by atoms with van der Waals surface area (Å²) in [6, 6.07) is 6.12. The predicted molar refractivity (Wildman–Crippen MR) is 70.8 cm³/mol. The van der Waals surface area contributed by atoms with Gasteiger partial charge in [-0.1, -0.05) is 12.1 Å². The minimum absolute atomic E-state index is 0.119. The van der Waals surface area contributed by atoms with Crippen LogP contribution in [0.4, 0.5) is 0 Å². The van der Waals surface area contributed by atoms with E-state index < -0.39 is 40.3 Å². The van der Waals surface area contributed by atoms with Gasteiger partial charge in [0.25, 0.3) is 0 Å². The highest BCUT2D eigenvalue weighted by Crippen LogP contribution is 2.31. The van der Waals surface area contributed by atoms with E-state index in [1.165, 1.54) is 12.1 Å². The number of rotatable bonds is 4. The molecule has 0 spiro atoms. The first-order valence-corrected chi connectivity index (χ1v) is 5.90. The molecule has 1 atom stereocenters. The Bertz CT molecular complexity index is 765. The van der Waals surface area contributed by atoms with Crippen LogP contribution in [-0.4, -0.2) is 29.7 Å². The zero-order valence-electron chi connectivity index (χ0n) is 10.9. The second-order valence-electron chi connectivity index (χ2n) is 4.24. The Hall–Kier alpha value is -2.90. The van der Waals surface area contributed by atoms with E-state index in [2.05, 4.69) is 4.74 Å². The van der Waals surface area contributed by atoms with Gasteiger partial charge in [0, 0.05) is 4.92 Å². The number of hydrogen-bond acceptors (Lipinski definition) is 7. The second kappa shape index (κ2) is 5.61. The molecule has 21 heavy (non-hydrogen) atoms. The molecule has 1 heterocycles. The van der Waals surface area contributed by atoms with E-state index in [9.17, 15) is 24.8 Å². The fourth-order valence-electron chi connectivity index (χ4n) is 2.03. The standard InChI is InChI=1S/C13H11NO7/c1-20-12(16)8(6-14(18)19)10-11(15)7-4-2-3-5-9(7)21-13(10)17/h2-5,8,15H,6H2,1H3. The minimum atomic E-state index is -1.54. The molecule has 0 radical (unpaired) electrons. The maximum atomic E-state index is 11.9. The molecule has 1 unspecified atom stereocenters. The van der Waals surface area contributed by atoms with E-state index in [0.29, 0.717) is 0 Å². The molecule has 1 N–H and O–H groups in total. The quantitative estimate of drug-likeness (QED) is 0.387. The average Bonchev–Trinajstić information content (AvgIpc) is 2.45. The molecule has 1 aromatic carbocycles. The molecule has 0 aliphatic carbocycles. The highest BCUT2D eigenvalue weighted by molar-refractivity contribution is 5.87. The Kier molecular flexibility index (Phi) is 3.88. The number of fused-ring (bicyclic) bond motifs is 1. The first-order chi connectivity index (χ1) is 9.95. The van der Waals surface area contributed by atoms with Gasteiger partial charge in [-0.3, -0.25) is 14.9 Å². The van der Waals surface area contributed by atoms with Gasteiger partial charge in [-0.05, 0) is 12.1 Å². The average molecular weight is 293 g/mol. The molecular formula is C13H11NO7. The maximum absolute atomic E-state index is 11.9. The van der Waals surface area contributed by atoms with Crippen LogP contribution < -0.4 is 5.63 Å². The van der Waals surface area contributed by atoms with Crippen molar-refractivity contribution in [3.8, 4) is 5.75 Å². The van der Waals surface area contributed by atoms with Crippen molar-refractivity contribution in [2.45, 2.75) is 5.92 Å². The number of esters is 1. The molecule has 0 saturated carbocycles. The Morgan fingerprint density at radius 1 is 1.48 bits per heavy atom. The van der Waals surface area contributed by atoms with E-state index in [4.69, 9.17) is 4.42 Å². The molecule has 0 aliphatic rings. The predicted octanol–water partition coefficient (Wildman–Crippen LogP) is 1.03. The highest BCUT2D eigenvalue weighted by Gasteiger charge is 2.34. The fourth-order valence-corrected chi connectivity index (χ4v) is 2.03. The van der Waals surface area contributed by atoms with E-state index >= 15 is 0 Å². The molecule has 0 amide bonds. The molecule has 8 heteroatoms. The van der Waals surface area contributed by atoms with Gasteiger partial charge < -0.3 is 14.3 Å². The van der Waals surface area contributed by atoms with Crippen molar-refractivity contribution < 1.29 is 24.0 Å². The number of carbonyl (C=O) groups is 1. The fraction of sp³-hybridized carbons (Fsp3) is 0.231. The highest BCUT2D eigenvalue weighted by atomic mass is 16.6. The third kappa shape index (κ3) is 2.69. The number of benzene rings is 1. The van der Waals surface area contributed by atoms with E-state index in [1.54, 1.807) is 12.1 Å². The van der Waals surface area contributed by atoms with E-state index in [0.717, 1.165) is 7.11 Å². The summed E-state index contributed by atoms with van der Waals surface area (Å²) in [6.45, 7) is -0.886. The van der Waals surface area contributed by atoms with Gasteiger partial charge in [-0.2, -0.15) is 0 Å². The normalized spacial score (nSPS) is 12.0. The SMILES string of the molecule is COC(=O)C(C[N+](=O)[O-])c1c(O)c2ccccc2oc1=O. The molecular weight excluding hydrogens is 282 g/mol. The van der Waals surface area contributed by atoms with Crippen LogP contribution in [0.5, 0.6) is 5.75 Å². The van der Waals surface area contributed by atoms with Crippen molar-refractivity contribution in [1.29, 1.82) is 0 Å². The lowest BCUT2D eigenvalue weighted by molar-refractivity contribution is -0.481. The maximum Gasteiger partial charge on any atom is 0.344 e. The van der Waals surface area contributed by atoms with Gasteiger partial charge in [-0.15, -0.1) is 0 Å². The molecule has 0 saturated heterocycles. The molecule has 8 nitrogen and oxygen atoms in total. The summed E-state index contributed by atoms with van der Waals surface area (Å²) in [6.07, 6.45) is 0. The number of carbonyl (C=O) groups excluding carboxylic acids is 1. The lowest BCUT2D eigenvalue weighted by atomic mass is 9.98. The van der Waals surface area contributed by atoms with Crippen molar-refractivity contribution in [3.63, 3.8) is 0 Å². The zero-order chi connectivity index (χ0) is 15.6. The van der Waals surface area contributed by atoms with Crippen molar-refractivity contribution in [3.05, 3.63) is 50.4 Å². The molecule has 1 aromatic heterocycles. The lowest BCUT2D eigenvalue weighted by Crippen LogP contribution is -2.27. The van der Waals surface area contributed by atoms with Gasteiger partial charge in [0.15, 0.2) is 5.92 Å². The third-order valence-corrected chi connectivity index (χ3v) is 2.99. The van der Waals surface area contributed by atoms with Crippen molar-refractivity contribution in [2.75, 3.05) is 13.7 Å². The van der Waals surface area contributed by atoms with Crippen LogP contribution in [0.15, 0.2) is 33.5 Å². The van der Waals surface area contributed by atoms with Gasteiger partial charge >= 0.3 is 11.6 Å².